The van der Waals surface area contributed by atoms with Crippen molar-refractivity contribution in [2.75, 3.05) is 13.7 Å². The van der Waals surface area contributed by atoms with Gasteiger partial charge in [-0.1, -0.05) is 19.1 Å². The van der Waals surface area contributed by atoms with Gasteiger partial charge >= 0.3 is 0 Å². The van der Waals surface area contributed by atoms with Gasteiger partial charge in [-0.3, -0.25) is 0 Å². The van der Waals surface area contributed by atoms with Crippen molar-refractivity contribution in [2.45, 2.75) is 26.2 Å². The first-order chi connectivity index (χ1) is 6.69. The Morgan fingerprint density at radius 1 is 1.43 bits per heavy atom. The van der Waals surface area contributed by atoms with E-state index in [9.17, 15) is 0 Å². The van der Waals surface area contributed by atoms with Gasteiger partial charge in [0.05, 0.1) is 7.11 Å². The molecule has 0 unspecified atom stereocenters. The van der Waals surface area contributed by atoms with Gasteiger partial charge in [-0.05, 0) is 36.5 Å². The Kier molecular flexibility index (Phi) is 3.96. The highest BCUT2D eigenvalue weighted by molar-refractivity contribution is 5.39. The van der Waals surface area contributed by atoms with Gasteiger partial charge in [0.15, 0.2) is 0 Å². The Morgan fingerprint density at radius 3 is 2.71 bits per heavy atom. The third kappa shape index (κ3) is 2.48. The van der Waals surface area contributed by atoms with Crippen LogP contribution >= 0.6 is 0 Å². The largest absolute Gasteiger partial charge is 0.496 e. The van der Waals surface area contributed by atoms with Crippen LogP contribution in [-0.2, 0) is 0 Å². The van der Waals surface area contributed by atoms with Gasteiger partial charge in [-0.15, -0.1) is 0 Å². The third-order valence-corrected chi connectivity index (χ3v) is 2.48. The Labute approximate surface area is 85.5 Å². The summed E-state index contributed by atoms with van der Waals surface area (Å²) in [6, 6.07) is 6.18. The van der Waals surface area contributed by atoms with Crippen molar-refractivity contribution in [1.82, 2.24) is 0 Å². The highest BCUT2D eigenvalue weighted by Gasteiger charge is 2.10. The molecule has 1 rings (SSSR count). The number of hydrogen-bond donors (Lipinski definition) is 1. The fourth-order valence-electron chi connectivity index (χ4n) is 1.57. The molecule has 0 radical (unpaired) electrons. The summed E-state index contributed by atoms with van der Waals surface area (Å²) in [6.07, 6.45) is 0.777. The van der Waals surface area contributed by atoms with Crippen molar-refractivity contribution in [2.24, 2.45) is 0 Å². The minimum Gasteiger partial charge on any atom is -0.496 e. The van der Waals surface area contributed by atoms with Crippen molar-refractivity contribution in [3.63, 3.8) is 0 Å². The fraction of sp³-hybridized carbons (Fsp3) is 0.500. The maximum Gasteiger partial charge on any atom is 0.122 e. The van der Waals surface area contributed by atoms with Gasteiger partial charge < -0.3 is 9.84 Å². The summed E-state index contributed by atoms with van der Waals surface area (Å²) >= 11 is 0. The van der Waals surface area contributed by atoms with Crippen LogP contribution in [0.25, 0.3) is 0 Å². The van der Waals surface area contributed by atoms with Gasteiger partial charge in [0, 0.05) is 6.61 Å². The molecule has 0 aliphatic carbocycles. The number of ether oxygens (including phenoxy) is 1. The SMILES string of the molecule is COc1cc(C)ccc1[C@@H](C)CCO. The molecule has 0 aliphatic heterocycles. The molecule has 0 aromatic heterocycles. The smallest absolute Gasteiger partial charge is 0.122 e. The van der Waals surface area contributed by atoms with Crippen LogP contribution in [0.2, 0.25) is 0 Å². The van der Waals surface area contributed by atoms with E-state index in [0.29, 0.717) is 5.92 Å². The van der Waals surface area contributed by atoms with Crippen molar-refractivity contribution in [1.29, 1.82) is 0 Å². The molecule has 0 fully saturated rings. The summed E-state index contributed by atoms with van der Waals surface area (Å²) in [5.41, 5.74) is 2.37. The topological polar surface area (TPSA) is 29.5 Å². The lowest BCUT2D eigenvalue weighted by Crippen LogP contribution is -2.00. The fourth-order valence-corrected chi connectivity index (χ4v) is 1.57. The van der Waals surface area contributed by atoms with E-state index in [2.05, 4.69) is 19.1 Å². The van der Waals surface area contributed by atoms with Gasteiger partial charge in [-0.2, -0.15) is 0 Å². The van der Waals surface area contributed by atoms with E-state index < -0.39 is 0 Å². The quantitative estimate of drug-likeness (QED) is 0.798. The standard InChI is InChI=1S/C12H18O2/c1-9-4-5-11(10(2)6-7-13)12(8-9)14-3/h4-5,8,10,13H,6-7H2,1-3H3/t10-/m0/s1. The van der Waals surface area contributed by atoms with Gasteiger partial charge in [0.25, 0.3) is 0 Å². The summed E-state index contributed by atoms with van der Waals surface area (Å²) in [6.45, 7) is 4.37. The Hall–Kier alpha value is -1.02. The molecular weight excluding hydrogens is 176 g/mol. The normalized spacial score (nSPS) is 12.6. The van der Waals surface area contributed by atoms with Gasteiger partial charge in [0.1, 0.15) is 5.75 Å². The summed E-state index contributed by atoms with van der Waals surface area (Å²) in [4.78, 5) is 0. The van der Waals surface area contributed by atoms with E-state index >= 15 is 0 Å². The monoisotopic (exact) mass is 194 g/mol. The van der Waals surface area contributed by atoms with Crippen LogP contribution in [0.5, 0.6) is 5.75 Å². The second kappa shape index (κ2) is 5.01. The summed E-state index contributed by atoms with van der Waals surface area (Å²) in [5, 5.41) is 8.88. The lowest BCUT2D eigenvalue weighted by Gasteiger charge is -2.15. The van der Waals surface area contributed by atoms with Crippen molar-refractivity contribution >= 4 is 0 Å². The molecule has 0 spiro atoms. The Balaban J connectivity index is 2.95. The number of aliphatic hydroxyl groups is 1. The zero-order valence-corrected chi connectivity index (χ0v) is 9.08. The molecule has 0 aliphatic rings. The molecule has 0 heterocycles. The van der Waals surface area contributed by atoms with Crippen LogP contribution in [-0.4, -0.2) is 18.8 Å². The van der Waals surface area contributed by atoms with E-state index in [1.54, 1.807) is 7.11 Å². The molecule has 1 aromatic rings. The number of hydrogen-bond acceptors (Lipinski definition) is 2. The molecule has 0 bridgehead atoms. The van der Waals surface area contributed by atoms with Crippen LogP contribution in [0, 0.1) is 6.92 Å². The average Bonchev–Trinajstić information content (AvgIpc) is 2.17. The second-order valence-corrected chi connectivity index (χ2v) is 3.66. The third-order valence-electron chi connectivity index (χ3n) is 2.48. The molecule has 2 heteroatoms. The van der Waals surface area contributed by atoms with Crippen LogP contribution in [0.15, 0.2) is 18.2 Å². The molecular formula is C12H18O2. The van der Waals surface area contributed by atoms with Crippen molar-refractivity contribution in [3.8, 4) is 5.75 Å². The minimum absolute atomic E-state index is 0.220. The van der Waals surface area contributed by atoms with E-state index in [4.69, 9.17) is 9.84 Å². The molecule has 1 aromatic carbocycles. The van der Waals surface area contributed by atoms with E-state index in [1.807, 2.05) is 13.0 Å². The zero-order valence-electron chi connectivity index (χ0n) is 9.08. The Morgan fingerprint density at radius 2 is 2.14 bits per heavy atom. The summed E-state index contributed by atoms with van der Waals surface area (Å²) < 4.78 is 5.31. The number of aryl methyl sites for hydroxylation is 1. The number of methoxy groups -OCH3 is 1. The van der Waals surface area contributed by atoms with Gasteiger partial charge in [0.2, 0.25) is 0 Å². The molecule has 2 nitrogen and oxygen atoms in total. The minimum atomic E-state index is 0.220. The van der Waals surface area contributed by atoms with Crippen LogP contribution in [0.4, 0.5) is 0 Å². The predicted molar refractivity (Wildman–Crippen MR) is 57.8 cm³/mol. The first kappa shape index (κ1) is 11.1. The van der Waals surface area contributed by atoms with Gasteiger partial charge in [-0.25, -0.2) is 0 Å². The van der Waals surface area contributed by atoms with Crippen LogP contribution in [0.3, 0.4) is 0 Å². The highest BCUT2D eigenvalue weighted by atomic mass is 16.5. The first-order valence-corrected chi connectivity index (χ1v) is 4.94. The van der Waals surface area contributed by atoms with E-state index in [-0.39, 0.29) is 6.61 Å². The number of benzene rings is 1. The first-order valence-electron chi connectivity index (χ1n) is 4.94. The maximum absolute atomic E-state index is 8.88. The molecule has 1 N–H and O–H groups in total. The lowest BCUT2D eigenvalue weighted by molar-refractivity contribution is 0.277. The lowest BCUT2D eigenvalue weighted by atomic mass is 9.96. The molecule has 78 valence electrons. The maximum atomic E-state index is 8.88. The van der Waals surface area contributed by atoms with Crippen LogP contribution < -0.4 is 4.74 Å². The predicted octanol–water partition coefficient (Wildman–Crippen LogP) is 2.49. The molecule has 0 amide bonds. The summed E-state index contributed by atoms with van der Waals surface area (Å²) in [7, 11) is 1.68. The molecule has 14 heavy (non-hydrogen) atoms. The molecule has 0 saturated carbocycles. The highest BCUT2D eigenvalue weighted by Crippen LogP contribution is 2.29. The summed E-state index contributed by atoms with van der Waals surface area (Å²) in [5.74, 6) is 1.27. The second-order valence-electron chi connectivity index (χ2n) is 3.66. The average molecular weight is 194 g/mol. The van der Waals surface area contributed by atoms with E-state index in [0.717, 1.165) is 12.2 Å². The molecule has 1 atom stereocenters. The van der Waals surface area contributed by atoms with Crippen LogP contribution in [0.1, 0.15) is 30.4 Å². The molecule has 0 saturated heterocycles. The zero-order chi connectivity index (χ0) is 10.6. The van der Waals surface area contributed by atoms with Crippen molar-refractivity contribution in [3.05, 3.63) is 29.3 Å². The number of aliphatic hydroxyl groups excluding tert-OH is 1. The Bertz CT molecular complexity index is 294. The number of rotatable bonds is 4. The van der Waals surface area contributed by atoms with E-state index in [1.165, 1.54) is 11.1 Å². The van der Waals surface area contributed by atoms with Crippen molar-refractivity contribution < 1.29 is 9.84 Å².